The summed E-state index contributed by atoms with van der Waals surface area (Å²) in [5, 5.41) is 0. The molecule has 0 bridgehead atoms. The summed E-state index contributed by atoms with van der Waals surface area (Å²) in [7, 11) is 1.60. The number of hydrogen-bond acceptors (Lipinski definition) is 7. The van der Waals surface area contributed by atoms with Gasteiger partial charge in [0.2, 0.25) is 5.78 Å². The highest BCUT2D eigenvalue weighted by Gasteiger charge is 2.34. The van der Waals surface area contributed by atoms with Crippen molar-refractivity contribution in [1.29, 1.82) is 0 Å². The van der Waals surface area contributed by atoms with Gasteiger partial charge in [0.25, 0.3) is 0 Å². The average Bonchev–Trinajstić information content (AvgIpc) is 3.19. The van der Waals surface area contributed by atoms with E-state index in [0.29, 0.717) is 49.3 Å². The Kier molecular flexibility index (Phi) is 4.61. The topological polar surface area (TPSA) is 66.5 Å². The van der Waals surface area contributed by atoms with Gasteiger partial charge >= 0.3 is 0 Å². The minimum Gasteiger partial charge on any atom is -0.496 e. The smallest absolute Gasteiger partial charge is 0.231 e. The van der Waals surface area contributed by atoms with E-state index in [1.54, 1.807) is 19.3 Å². The summed E-state index contributed by atoms with van der Waals surface area (Å²) in [6.07, 6.45) is 1.72. The van der Waals surface area contributed by atoms with Crippen molar-refractivity contribution < 1.29 is 28.5 Å². The molecular formula is C26H21NO6. The molecule has 6 rings (SSSR count). The molecule has 0 aliphatic carbocycles. The van der Waals surface area contributed by atoms with Gasteiger partial charge in [-0.15, -0.1) is 0 Å². The van der Waals surface area contributed by atoms with E-state index in [1.807, 2.05) is 48.5 Å². The van der Waals surface area contributed by atoms with Gasteiger partial charge < -0.3 is 28.6 Å². The van der Waals surface area contributed by atoms with E-state index in [2.05, 4.69) is 4.90 Å². The van der Waals surface area contributed by atoms with E-state index in [0.717, 1.165) is 28.3 Å². The number of methoxy groups -OCH3 is 1. The lowest BCUT2D eigenvalue weighted by atomic mass is 10.0. The highest BCUT2D eigenvalue weighted by atomic mass is 16.6. The predicted molar refractivity (Wildman–Crippen MR) is 121 cm³/mol. The minimum absolute atomic E-state index is 0.157. The van der Waals surface area contributed by atoms with Crippen LogP contribution in [0.1, 0.15) is 21.5 Å². The van der Waals surface area contributed by atoms with Crippen LogP contribution in [0.4, 0.5) is 5.69 Å². The monoisotopic (exact) mass is 443 g/mol. The molecule has 7 nitrogen and oxygen atoms in total. The zero-order chi connectivity index (χ0) is 22.4. The van der Waals surface area contributed by atoms with Gasteiger partial charge in [-0.3, -0.25) is 4.79 Å². The summed E-state index contributed by atoms with van der Waals surface area (Å²) in [5.41, 5.74) is 3.09. The second-order valence-electron chi connectivity index (χ2n) is 7.90. The molecule has 0 radical (unpaired) electrons. The molecule has 3 heterocycles. The normalized spacial score (nSPS) is 17.2. The maximum absolute atomic E-state index is 13.1. The summed E-state index contributed by atoms with van der Waals surface area (Å²) in [5.74, 6) is 3.50. The maximum Gasteiger partial charge on any atom is 0.231 e. The van der Waals surface area contributed by atoms with Crippen LogP contribution >= 0.6 is 0 Å². The first-order valence-corrected chi connectivity index (χ1v) is 10.7. The van der Waals surface area contributed by atoms with Crippen LogP contribution in [-0.2, 0) is 6.54 Å². The van der Waals surface area contributed by atoms with Gasteiger partial charge in [0.15, 0.2) is 24.0 Å². The van der Waals surface area contributed by atoms with E-state index >= 15 is 0 Å². The molecule has 0 unspecified atom stereocenters. The molecular weight excluding hydrogens is 422 g/mol. The Labute approximate surface area is 190 Å². The number of nitrogens with zero attached hydrogens (tertiary/aromatic N) is 1. The Morgan fingerprint density at radius 3 is 2.64 bits per heavy atom. The highest BCUT2D eigenvalue weighted by molar-refractivity contribution is 6.15. The lowest BCUT2D eigenvalue weighted by Gasteiger charge is -2.32. The molecule has 0 N–H and O–H groups in total. The van der Waals surface area contributed by atoms with Crippen molar-refractivity contribution in [2.75, 3.05) is 32.0 Å². The average molecular weight is 443 g/mol. The molecule has 0 spiro atoms. The molecule has 7 heteroatoms. The molecule has 0 saturated carbocycles. The lowest BCUT2D eigenvalue weighted by molar-refractivity contribution is 0.101. The van der Waals surface area contributed by atoms with Crippen molar-refractivity contribution in [2.45, 2.75) is 6.54 Å². The van der Waals surface area contributed by atoms with Gasteiger partial charge in [-0.2, -0.15) is 0 Å². The van der Waals surface area contributed by atoms with Gasteiger partial charge in [0, 0.05) is 17.3 Å². The molecule has 33 heavy (non-hydrogen) atoms. The summed E-state index contributed by atoms with van der Waals surface area (Å²) < 4.78 is 28.9. The number of anilines is 1. The van der Waals surface area contributed by atoms with E-state index in [1.165, 1.54) is 0 Å². The summed E-state index contributed by atoms with van der Waals surface area (Å²) >= 11 is 0. The third-order valence-electron chi connectivity index (χ3n) is 5.94. The van der Waals surface area contributed by atoms with E-state index in [4.69, 9.17) is 23.7 Å². The first kappa shape index (κ1) is 19.5. The zero-order valence-corrected chi connectivity index (χ0v) is 18.0. The number of para-hydroxylation sites is 1. The van der Waals surface area contributed by atoms with Crippen LogP contribution in [0.2, 0.25) is 0 Å². The number of ketones is 1. The van der Waals surface area contributed by atoms with Gasteiger partial charge in [-0.25, -0.2) is 0 Å². The molecule has 3 aromatic rings. The van der Waals surface area contributed by atoms with Crippen LogP contribution in [0.3, 0.4) is 0 Å². The molecule has 0 aromatic heterocycles. The first-order chi connectivity index (χ1) is 16.2. The number of benzene rings is 3. The summed E-state index contributed by atoms with van der Waals surface area (Å²) in [6.45, 7) is 1.99. The van der Waals surface area contributed by atoms with Crippen molar-refractivity contribution in [3.05, 3.63) is 77.0 Å². The fourth-order valence-corrected chi connectivity index (χ4v) is 4.28. The Balaban J connectivity index is 1.32. The largest absolute Gasteiger partial charge is 0.496 e. The quantitative estimate of drug-likeness (QED) is 0.555. The van der Waals surface area contributed by atoms with Crippen LogP contribution < -0.4 is 28.6 Å². The number of fused-ring (bicyclic) bond motifs is 4. The predicted octanol–water partition coefficient (Wildman–Crippen LogP) is 4.44. The zero-order valence-electron chi connectivity index (χ0n) is 18.0. The number of rotatable bonds is 3. The number of carbonyl (C=O) groups is 1. The molecule has 3 aliphatic rings. The van der Waals surface area contributed by atoms with Crippen molar-refractivity contribution in [2.24, 2.45) is 0 Å². The lowest BCUT2D eigenvalue weighted by Crippen LogP contribution is -2.32. The number of allylic oxidation sites excluding steroid dienone is 1. The fraction of sp³-hybridized carbons (Fsp3) is 0.192. The second-order valence-corrected chi connectivity index (χ2v) is 7.90. The maximum atomic E-state index is 13.1. The third kappa shape index (κ3) is 3.33. The molecule has 3 aromatic carbocycles. The molecule has 0 amide bonds. The summed E-state index contributed by atoms with van der Waals surface area (Å²) in [4.78, 5) is 15.1. The highest BCUT2D eigenvalue weighted by Crippen LogP contribution is 2.44. The van der Waals surface area contributed by atoms with Gasteiger partial charge in [-0.05, 0) is 36.4 Å². The molecule has 166 valence electrons. The minimum atomic E-state index is -0.157. The SMILES string of the molecule is COc1ccccc1C=C1Oc2c(ccc3c2CN(c2ccc4c(c2)OCCO4)CO3)C1=O. The van der Waals surface area contributed by atoms with Crippen LogP contribution in [-0.4, -0.2) is 32.8 Å². The molecule has 0 fully saturated rings. The van der Waals surface area contributed by atoms with Crippen molar-refractivity contribution >= 4 is 17.5 Å². The Bertz CT molecular complexity index is 1300. The molecule has 0 saturated heterocycles. The molecule has 3 aliphatic heterocycles. The van der Waals surface area contributed by atoms with Gasteiger partial charge in [0.1, 0.15) is 30.5 Å². The number of Topliss-reactive ketones (excluding diaryl/α,β-unsaturated/α-hetero) is 1. The van der Waals surface area contributed by atoms with Crippen molar-refractivity contribution in [3.63, 3.8) is 0 Å². The van der Waals surface area contributed by atoms with E-state index < -0.39 is 0 Å². The summed E-state index contributed by atoms with van der Waals surface area (Å²) in [6, 6.07) is 16.9. The Hall–Kier alpha value is -4.13. The standard InChI is InChI=1S/C26H21NO6/c1-29-20-5-3-2-4-16(20)12-24-25(28)18-7-9-21-19(26(18)33-24)14-27(15-32-21)17-6-8-22-23(13-17)31-11-10-30-22/h2-9,12-13H,10-11,14-15H2,1H3. The Morgan fingerprint density at radius 2 is 1.76 bits per heavy atom. The number of carbonyl (C=O) groups excluding carboxylic acids is 1. The Morgan fingerprint density at radius 1 is 0.939 bits per heavy atom. The molecule has 0 atom stereocenters. The van der Waals surface area contributed by atoms with Crippen molar-refractivity contribution in [1.82, 2.24) is 0 Å². The van der Waals surface area contributed by atoms with Crippen molar-refractivity contribution in [3.8, 4) is 28.7 Å². The van der Waals surface area contributed by atoms with Crippen LogP contribution in [0.5, 0.6) is 28.7 Å². The van der Waals surface area contributed by atoms with Crippen LogP contribution in [0.25, 0.3) is 6.08 Å². The number of hydrogen-bond donors (Lipinski definition) is 0. The third-order valence-corrected chi connectivity index (χ3v) is 5.94. The van der Waals surface area contributed by atoms with E-state index in [-0.39, 0.29) is 11.5 Å². The van der Waals surface area contributed by atoms with Crippen LogP contribution in [0.15, 0.2) is 60.4 Å². The fourth-order valence-electron chi connectivity index (χ4n) is 4.28. The first-order valence-electron chi connectivity index (χ1n) is 10.7. The van der Waals surface area contributed by atoms with Crippen LogP contribution in [0, 0.1) is 0 Å². The number of ether oxygens (including phenoxy) is 5. The second kappa shape index (κ2) is 7.78. The van der Waals surface area contributed by atoms with Gasteiger partial charge in [-0.1, -0.05) is 18.2 Å². The van der Waals surface area contributed by atoms with E-state index in [9.17, 15) is 4.79 Å². The van der Waals surface area contributed by atoms with Gasteiger partial charge in [0.05, 0.1) is 24.8 Å².